The first-order valence-corrected chi connectivity index (χ1v) is 9.03. The molecule has 6 nitrogen and oxygen atoms in total. The van der Waals surface area contributed by atoms with Crippen molar-refractivity contribution in [1.29, 1.82) is 0 Å². The number of anilines is 1. The van der Waals surface area contributed by atoms with Crippen molar-refractivity contribution in [3.05, 3.63) is 47.9 Å². The minimum atomic E-state index is -3.17. The van der Waals surface area contributed by atoms with Gasteiger partial charge >= 0.3 is 0 Å². The standard InChI is InChI=1S/C19H20F3N5O/c1-11-2-4-12(5-3-11)19(21,22)9-28-16-7-13(6-15(16)20)26-17-14-8-25-27-18(14)24-10-23-17/h2-5,8,10,13,15-16H,6-7,9H2,1H3,(H2,23,24,25,26,27)/t13-,15+,16+/m0/s1. The van der Waals surface area contributed by atoms with E-state index in [9.17, 15) is 13.2 Å². The molecule has 0 aliphatic heterocycles. The van der Waals surface area contributed by atoms with Crippen molar-refractivity contribution in [2.45, 2.75) is 44.0 Å². The lowest BCUT2D eigenvalue weighted by Crippen LogP contribution is -2.28. The van der Waals surface area contributed by atoms with Crippen molar-refractivity contribution < 1.29 is 17.9 Å². The highest BCUT2D eigenvalue weighted by atomic mass is 19.3. The molecule has 148 valence electrons. The number of aryl methyl sites for hydroxylation is 1. The Morgan fingerprint density at radius 2 is 2.00 bits per heavy atom. The van der Waals surface area contributed by atoms with Crippen LogP contribution in [0.2, 0.25) is 0 Å². The highest BCUT2D eigenvalue weighted by molar-refractivity contribution is 5.85. The van der Waals surface area contributed by atoms with Crippen molar-refractivity contribution in [2.75, 3.05) is 11.9 Å². The number of nitrogens with one attached hydrogen (secondary N) is 2. The molecule has 9 heteroatoms. The predicted octanol–water partition coefficient (Wildman–Crippen LogP) is 3.75. The minimum Gasteiger partial charge on any atom is -0.368 e. The van der Waals surface area contributed by atoms with Crippen LogP contribution in [0.3, 0.4) is 0 Å². The molecule has 3 aromatic rings. The number of halogens is 3. The van der Waals surface area contributed by atoms with Gasteiger partial charge in [-0.05, 0) is 13.3 Å². The average molecular weight is 391 g/mol. The zero-order valence-electron chi connectivity index (χ0n) is 15.2. The number of H-pyrrole nitrogens is 1. The molecule has 1 aliphatic rings. The molecule has 28 heavy (non-hydrogen) atoms. The van der Waals surface area contributed by atoms with Crippen molar-refractivity contribution >= 4 is 16.9 Å². The number of aromatic nitrogens is 4. The number of aromatic amines is 1. The molecular weight excluding hydrogens is 371 g/mol. The lowest BCUT2D eigenvalue weighted by molar-refractivity contribution is -0.114. The van der Waals surface area contributed by atoms with Crippen molar-refractivity contribution in [3.63, 3.8) is 0 Å². The third-order valence-corrected chi connectivity index (χ3v) is 4.97. The van der Waals surface area contributed by atoms with E-state index in [-0.39, 0.29) is 24.4 Å². The second-order valence-corrected chi connectivity index (χ2v) is 7.10. The molecule has 0 bridgehead atoms. The van der Waals surface area contributed by atoms with E-state index in [4.69, 9.17) is 4.74 Å². The summed E-state index contributed by atoms with van der Waals surface area (Å²) >= 11 is 0. The Morgan fingerprint density at radius 1 is 1.21 bits per heavy atom. The van der Waals surface area contributed by atoms with E-state index >= 15 is 0 Å². The lowest BCUT2D eigenvalue weighted by atomic mass is 10.1. The monoisotopic (exact) mass is 391 g/mol. The van der Waals surface area contributed by atoms with Gasteiger partial charge in [-0.15, -0.1) is 0 Å². The third-order valence-electron chi connectivity index (χ3n) is 4.97. The van der Waals surface area contributed by atoms with Crippen LogP contribution in [0.5, 0.6) is 0 Å². The molecule has 0 unspecified atom stereocenters. The van der Waals surface area contributed by atoms with E-state index in [2.05, 4.69) is 25.5 Å². The van der Waals surface area contributed by atoms with E-state index in [1.54, 1.807) is 18.3 Å². The Hall–Kier alpha value is -2.68. The first-order chi connectivity index (χ1) is 13.4. The maximum Gasteiger partial charge on any atom is 0.296 e. The number of nitrogens with zero attached hydrogens (tertiary/aromatic N) is 3. The number of alkyl halides is 3. The van der Waals surface area contributed by atoms with E-state index in [0.717, 1.165) is 5.56 Å². The first kappa shape index (κ1) is 18.7. The van der Waals surface area contributed by atoms with Crippen molar-refractivity contribution in [2.24, 2.45) is 0 Å². The van der Waals surface area contributed by atoms with Crippen LogP contribution in [0.1, 0.15) is 24.0 Å². The second-order valence-electron chi connectivity index (χ2n) is 7.10. The van der Waals surface area contributed by atoms with Gasteiger partial charge in [0.25, 0.3) is 5.92 Å². The van der Waals surface area contributed by atoms with Gasteiger partial charge in [-0.25, -0.2) is 14.4 Å². The summed E-state index contributed by atoms with van der Waals surface area (Å²) in [4.78, 5) is 8.20. The van der Waals surface area contributed by atoms with Gasteiger partial charge in [0.2, 0.25) is 0 Å². The van der Waals surface area contributed by atoms with E-state index in [1.165, 1.54) is 18.5 Å². The minimum absolute atomic E-state index is 0.135. The molecule has 3 atom stereocenters. The summed E-state index contributed by atoms with van der Waals surface area (Å²) < 4.78 is 48.4. The van der Waals surface area contributed by atoms with Crippen molar-refractivity contribution in [3.8, 4) is 0 Å². The average Bonchev–Trinajstić information content (AvgIpc) is 3.27. The molecule has 1 saturated carbocycles. The summed E-state index contributed by atoms with van der Waals surface area (Å²) in [5.41, 5.74) is 1.33. The quantitative estimate of drug-likeness (QED) is 0.669. The Kier molecular flexibility index (Phi) is 4.92. The van der Waals surface area contributed by atoms with Gasteiger partial charge < -0.3 is 10.1 Å². The molecule has 0 radical (unpaired) electrons. The van der Waals surface area contributed by atoms with Crippen molar-refractivity contribution in [1.82, 2.24) is 20.2 Å². The molecule has 1 fully saturated rings. The number of hydrogen-bond donors (Lipinski definition) is 2. The highest BCUT2D eigenvalue weighted by Crippen LogP contribution is 2.33. The number of rotatable bonds is 6. The fourth-order valence-electron chi connectivity index (χ4n) is 3.40. The van der Waals surface area contributed by atoms with Crippen LogP contribution in [-0.2, 0) is 10.7 Å². The summed E-state index contributed by atoms with van der Waals surface area (Å²) in [6.07, 6.45) is 1.17. The maximum atomic E-state index is 14.4. The van der Waals surface area contributed by atoms with Crippen LogP contribution in [0.15, 0.2) is 36.8 Å². The highest BCUT2D eigenvalue weighted by Gasteiger charge is 2.39. The van der Waals surface area contributed by atoms with Crippen LogP contribution in [0.25, 0.3) is 11.0 Å². The maximum absolute atomic E-state index is 14.4. The summed E-state index contributed by atoms with van der Waals surface area (Å²) in [5, 5.41) is 10.5. The van der Waals surface area contributed by atoms with Gasteiger partial charge in [0.05, 0.1) is 17.7 Å². The summed E-state index contributed by atoms with van der Waals surface area (Å²) in [6.45, 7) is 0.972. The van der Waals surface area contributed by atoms with E-state index < -0.39 is 24.8 Å². The van der Waals surface area contributed by atoms with Gasteiger partial charge in [-0.2, -0.15) is 13.9 Å². The van der Waals surface area contributed by atoms with Gasteiger partial charge in [0.15, 0.2) is 5.65 Å². The fraction of sp³-hybridized carbons (Fsp3) is 0.421. The van der Waals surface area contributed by atoms with Gasteiger partial charge in [0.1, 0.15) is 24.9 Å². The molecule has 0 amide bonds. The van der Waals surface area contributed by atoms with Crippen LogP contribution >= 0.6 is 0 Å². The zero-order valence-corrected chi connectivity index (χ0v) is 15.2. The molecule has 2 N–H and O–H groups in total. The number of fused-ring (bicyclic) bond motifs is 1. The van der Waals surface area contributed by atoms with E-state index in [0.29, 0.717) is 16.9 Å². The van der Waals surface area contributed by atoms with Gasteiger partial charge in [-0.3, -0.25) is 5.10 Å². The lowest BCUT2D eigenvalue weighted by Gasteiger charge is -2.21. The molecule has 2 aromatic heterocycles. The van der Waals surface area contributed by atoms with Crippen LogP contribution in [0, 0.1) is 6.92 Å². The molecule has 1 aliphatic carbocycles. The number of benzene rings is 1. The van der Waals surface area contributed by atoms with Crippen LogP contribution < -0.4 is 5.32 Å². The molecule has 0 spiro atoms. The number of ether oxygens (including phenoxy) is 1. The Morgan fingerprint density at radius 3 is 2.79 bits per heavy atom. The Balaban J connectivity index is 1.37. The predicted molar refractivity (Wildman–Crippen MR) is 98.0 cm³/mol. The number of hydrogen-bond acceptors (Lipinski definition) is 5. The molecule has 2 heterocycles. The topological polar surface area (TPSA) is 75.7 Å². The summed E-state index contributed by atoms with van der Waals surface area (Å²) in [5.74, 6) is -2.64. The normalized spacial score (nSPS) is 22.6. The van der Waals surface area contributed by atoms with E-state index in [1.807, 2.05) is 6.92 Å². The fourth-order valence-corrected chi connectivity index (χ4v) is 3.40. The Labute approximate surface area is 159 Å². The van der Waals surface area contributed by atoms with Crippen LogP contribution in [-0.4, -0.2) is 45.1 Å². The molecule has 1 aromatic carbocycles. The summed E-state index contributed by atoms with van der Waals surface area (Å²) in [7, 11) is 0. The summed E-state index contributed by atoms with van der Waals surface area (Å²) in [6, 6.07) is 5.71. The van der Waals surface area contributed by atoms with Gasteiger partial charge in [-0.1, -0.05) is 29.8 Å². The molecule has 0 saturated heterocycles. The first-order valence-electron chi connectivity index (χ1n) is 9.03. The largest absolute Gasteiger partial charge is 0.368 e. The zero-order chi connectivity index (χ0) is 19.7. The Bertz CT molecular complexity index is 946. The molecular formula is C19H20F3N5O. The smallest absolute Gasteiger partial charge is 0.296 e. The second kappa shape index (κ2) is 7.38. The van der Waals surface area contributed by atoms with Gasteiger partial charge in [0, 0.05) is 18.0 Å². The molecule has 4 rings (SSSR count). The third kappa shape index (κ3) is 3.80. The SMILES string of the molecule is Cc1ccc(C(F)(F)CO[C@@H]2C[C@@H](Nc3ncnc4[nH]ncc34)C[C@H]2F)cc1. The van der Waals surface area contributed by atoms with Crippen LogP contribution in [0.4, 0.5) is 19.0 Å².